The fraction of sp³-hybridized carbons (Fsp3) is 0.417. The van der Waals surface area contributed by atoms with Crippen molar-refractivity contribution in [2.24, 2.45) is 5.73 Å². The van der Waals surface area contributed by atoms with E-state index >= 15 is 0 Å². The maximum absolute atomic E-state index is 6.09. The van der Waals surface area contributed by atoms with Gasteiger partial charge >= 0.3 is 0 Å². The van der Waals surface area contributed by atoms with E-state index in [1.807, 2.05) is 13.0 Å². The van der Waals surface area contributed by atoms with Gasteiger partial charge in [-0.1, -0.05) is 37.7 Å². The first-order valence-corrected chi connectivity index (χ1v) is 6.02. The zero-order chi connectivity index (χ0) is 12.3. The van der Waals surface area contributed by atoms with E-state index in [1.165, 1.54) is 0 Å². The Morgan fingerprint density at radius 1 is 1.50 bits per heavy atom. The molecule has 0 aliphatic rings. The first-order valence-electron chi connectivity index (χ1n) is 5.23. The number of hydrogen-bond acceptors (Lipinski definition) is 2. The number of rotatable bonds is 4. The molecule has 0 radical (unpaired) electrons. The van der Waals surface area contributed by atoms with Gasteiger partial charge in [-0.15, -0.1) is 0 Å². The highest BCUT2D eigenvalue weighted by Crippen LogP contribution is 2.32. The average Bonchev–Trinajstić information content (AvgIpc) is 2.20. The molecule has 0 unspecified atom stereocenters. The molecule has 0 heterocycles. The summed E-state index contributed by atoms with van der Waals surface area (Å²) in [5.74, 6) is 1.01. The summed E-state index contributed by atoms with van der Waals surface area (Å²) < 4.78 is 5.45. The van der Waals surface area contributed by atoms with Crippen LogP contribution in [0.4, 0.5) is 0 Å². The van der Waals surface area contributed by atoms with Crippen LogP contribution in [0.2, 0.25) is 5.02 Å². The van der Waals surface area contributed by atoms with Crippen molar-refractivity contribution in [2.45, 2.75) is 26.7 Å². The Hall–Kier alpha value is -0.800. The number of halogens is 1. The van der Waals surface area contributed by atoms with Crippen LogP contribution in [0.15, 0.2) is 12.1 Å². The average molecular weight is 258 g/mol. The maximum atomic E-state index is 6.09. The molecule has 0 saturated heterocycles. The number of nitrogens with two attached hydrogens (primary N) is 1. The fourth-order valence-electron chi connectivity index (χ4n) is 1.53. The van der Waals surface area contributed by atoms with E-state index in [1.54, 1.807) is 6.07 Å². The van der Waals surface area contributed by atoms with Crippen molar-refractivity contribution in [1.82, 2.24) is 0 Å². The van der Waals surface area contributed by atoms with Crippen molar-refractivity contribution in [3.63, 3.8) is 0 Å². The zero-order valence-corrected chi connectivity index (χ0v) is 11.3. The molecule has 0 amide bonds. The van der Waals surface area contributed by atoms with Gasteiger partial charge in [-0.25, -0.2) is 0 Å². The summed E-state index contributed by atoms with van der Waals surface area (Å²) >= 11 is 11.1. The topological polar surface area (TPSA) is 35.2 Å². The molecule has 2 N–H and O–H groups in total. The van der Waals surface area contributed by atoms with Gasteiger partial charge in [0.25, 0.3) is 0 Å². The molecule has 0 saturated carbocycles. The van der Waals surface area contributed by atoms with Crippen molar-refractivity contribution >= 4 is 28.8 Å². The van der Waals surface area contributed by atoms with Gasteiger partial charge in [0, 0.05) is 5.56 Å². The summed E-state index contributed by atoms with van der Waals surface area (Å²) in [6.07, 6.45) is 0. The van der Waals surface area contributed by atoms with Gasteiger partial charge in [-0.2, -0.15) is 0 Å². The lowest BCUT2D eigenvalue weighted by molar-refractivity contribution is 0.340. The van der Waals surface area contributed by atoms with Gasteiger partial charge in [0.05, 0.1) is 11.6 Å². The van der Waals surface area contributed by atoms with Crippen LogP contribution >= 0.6 is 23.8 Å². The smallest absolute Gasteiger partial charge is 0.138 e. The van der Waals surface area contributed by atoms with E-state index in [9.17, 15) is 0 Å². The maximum Gasteiger partial charge on any atom is 0.138 e. The van der Waals surface area contributed by atoms with Gasteiger partial charge in [0.2, 0.25) is 0 Å². The van der Waals surface area contributed by atoms with Crippen molar-refractivity contribution in [2.75, 3.05) is 6.61 Å². The standard InChI is InChI=1S/C12H16ClNOS/c1-4-15-11-6-8(7(2)3)9(12(14)16)5-10(11)13/h5-7H,4H2,1-3H3,(H2,14,16). The third kappa shape index (κ3) is 2.86. The molecule has 1 aromatic rings. The lowest BCUT2D eigenvalue weighted by Gasteiger charge is -2.15. The van der Waals surface area contributed by atoms with Crippen LogP contribution in [0.3, 0.4) is 0 Å². The minimum absolute atomic E-state index is 0.327. The molecule has 1 rings (SSSR count). The highest BCUT2D eigenvalue weighted by Gasteiger charge is 2.13. The highest BCUT2D eigenvalue weighted by atomic mass is 35.5. The molecule has 0 bridgehead atoms. The van der Waals surface area contributed by atoms with Crippen LogP contribution in [0.1, 0.15) is 37.8 Å². The minimum Gasteiger partial charge on any atom is -0.492 e. The molecule has 0 atom stereocenters. The first-order chi connectivity index (χ1) is 7.47. The Morgan fingerprint density at radius 3 is 2.56 bits per heavy atom. The molecule has 88 valence electrons. The normalized spacial score (nSPS) is 10.6. The van der Waals surface area contributed by atoms with Crippen LogP contribution in [0.5, 0.6) is 5.75 Å². The van der Waals surface area contributed by atoms with Crippen LogP contribution < -0.4 is 10.5 Å². The second-order valence-corrected chi connectivity index (χ2v) is 4.67. The second-order valence-electron chi connectivity index (χ2n) is 3.82. The Labute approximate surface area is 107 Å². The Morgan fingerprint density at radius 2 is 2.12 bits per heavy atom. The van der Waals surface area contributed by atoms with Crippen molar-refractivity contribution in [3.05, 3.63) is 28.3 Å². The lowest BCUT2D eigenvalue weighted by Crippen LogP contribution is -2.13. The first kappa shape index (κ1) is 13.3. The Bertz CT molecular complexity index is 404. The lowest BCUT2D eigenvalue weighted by atomic mass is 9.97. The summed E-state index contributed by atoms with van der Waals surface area (Å²) in [7, 11) is 0. The minimum atomic E-state index is 0.327. The molecule has 0 spiro atoms. The van der Waals surface area contributed by atoms with Gasteiger partial charge in [-0.3, -0.25) is 0 Å². The predicted molar refractivity (Wildman–Crippen MR) is 72.6 cm³/mol. The second kappa shape index (κ2) is 5.51. The number of hydrogen-bond donors (Lipinski definition) is 1. The monoisotopic (exact) mass is 257 g/mol. The van der Waals surface area contributed by atoms with Crippen LogP contribution in [-0.4, -0.2) is 11.6 Å². The van der Waals surface area contributed by atoms with E-state index in [0.29, 0.717) is 28.3 Å². The van der Waals surface area contributed by atoms with E-state index in [2.05, 4.69) is 13.8 Å². The van der Waals surface area contributed by atoms with Crippen LogP contribution in [0.25, 0.3) is 0 Å². The molecule has 2 nitrogen and oxygen atoms in total. The third-order valence-electron chi connectivity index (χ3n) is 2.29. The molecule has 0 aromatic heterocycles. The van der Waals surface area contributed by atoms with E-state index in [-0.39, 0.29) is 0 Å². The van der Waals surface area contributed by atoms with Crippen LogP contribution in [-0.2, 0) is 0 Å². The predicted octanol–water partition coefficient (Wildman–Crippen LogP) is 3.50. The van der Waals surface area contributed by atoms with E-state index in [4.69, 9.17) is 34.3 Å². The molecule has 0 aliphatic carbocycles. The summed E-state index contributed by atoms with van der Waals surface area (Å²) in [6.45, 7) is 6.68. The van der Waals surface area contributed by atoms with Gasteiger partial charge in [-0.05, 0) is 30.5 Å². The van der Waals surface area contributed by atoms with Crippen molar-refractivity contribution < 1.29 is 4.74 Å². The highest BCUT2D eigenvalue weighted by molar-refractivity contribution is 7.80. The third-order valence-corrected chi connectivity index (χ3v) is 2.81. The quantitative estimate of drug-likeness (QED) is 0.839. The number of ether oxygens (including phenoxy) is 1. The Balaban J connectivity index is 3.31. The van der Waals surface area contributed by atoms with E-state index < -0.39 is 0 Å². The fourth-order valence-corrected chi connectivity index (χ4v) is 1.92. The largest absolute Gasteiger partial charge is 0.492 e. The molecule has 4 heteroatoms. The molecule has 0 aliphatic heterocycles. The SMILES string of the molecule is CCOc1cc(C(C)C)c(C(N)=S)cc1Cl. The molecular formula is C12H16ClNOS. The number of thiocarbonyl (C=S) groups is 1. The molecule has 1 aromatic carbocycles. The molecular weight excluding hydrogens is 242 g/mol. The van der Waals surface area contributed by atoms with Gasteiger partial charge < -0.3 is 10.5 Å². The molecule has 16 heavy (non-hydrogen) atoms. The summed E-state index contributed by atoms with van der Waals surface area (Å²) in [6, 6.07) is 3.70. The van der Waals surface area contributed by atoms with Crippen molar-refractivity contribution in [1.29, 1.82) is 0 Å². The number of benzene rings is 1. The Kier molecular flexibility index (Phi) is 4.56. The van der Waals surface area contributed by atoms with Crippen LogP contribution in [0, 0.1) is 0 Å². The zero-order valence-electron chi connectivity index (χ0n) is 9.71. The summed E-state index contributed by atoms with van der Waals surface area (Å²) in [5, 5.41) is 0.550. The van der Waals surface area contributed by atoms with Gasteiger partial charge in [0.1, 0.15) is 10.7 Å². The van der Waals surface area contributed by atoms with Gasteiger partial charge in [0.15, 0.2) is 0 Å². The van der Waals surface area contributed by atoms with Crippen molar-refractivity contribution in [3.8, 4) is 5.75 Å². The summed E-state index contributed by atoms with van der Waals surface area (Å²) in [4.78, 5) is 0.369. The van der Waals surface area contributed by atoms with E-state index in [0.717, 1.165) is 11.1 Å². The molecule has 0 fully saturated rings. The summed E-state index contributed by atoms with van der Waals surface area (Å²) in [5.41, 5.74) is 7.58.